The van der Waals surface area contributed by atoms with Gasteiger partial charge in [-0.15, -0.1) is 0 Å². The Morgan fingerprint density at radius 3 is 2.34 bits per heavy atom. The molecule has 1 amide bonds. The van der Waals surface area contributed by atoms with Gasteiger partial charge in [0.15, 0.2) is 17.3 Å². The molecule has 2 aliphatic rings. The summed E-state index contributed by atoms with van der Waals surface area (Å²) in [6.07, 6.45) is 1.58. The summed E-state index contributed by atoms with van der Waals surface area (Å²) in [4.78, 5) is 17.2. The van der Waals surface area contributed by atoms with E-state index in [-0.39, 0.29) is 18.0 Å². The lowest BCUT2D eigenvalue weighted by Gasteiger charge is -2.20. The van der Waals surface area contributed by atoms with Crippen molar-refractivity contribution in [2.24, 2.45) is 10.1 Å². The van der Waals surface area contributed by atoms with Crippen LogP contribution in [0.15, 0.2) is 70.3 Å². The summed E-state index contributed by atoms with van der Waals surface area (Å²) in [7, 11) is 3.05. The molecule has 9 nitrogen and oxygen atoms in total. The third-order valence-corrected chi connectivity index (χ3v) is 7.55. The number of hydrazone groups is 1. The molecule has 1 N–H and O–H groups in total. The molecule has 5 rings (SSSR count). The third-order valence-electron chi connectivity index (χ3n) is 6.59. The molecule has 0 spiro atoms. The number of ether oxygens (including phenoxy) is 4. The van der Waals surface area contributed by atoms with E-state index in [4.69, 9.17) is 24.4 Å². The SMILES string of the molecule is COc1cc(/C=C2\C(=N)N3N=C(c4cccc(C)c4)SC3=NC2=O)cc(OC)c1OCCOc1ccc(C)c(C)c1. The summed E-state index contributed by atoms with van der Waals surface area (Å²) in [5.74, 6) is 1.44. The minimum atomic E-state index is -0.517. The molecule has 0 radical (unpaired) electrons. The molecule has 3 aromatic rings. The third kappa shape index (κ3) is 5.97. The lowest BCUT2D eigenvalue weighted by atomic mass is 10.1. The zero-order chi connectivity index (χ0) is 29.1. The monoisotopic (exact) mass is 570 g/mol. The Hall–Kier alpha value is -4.57. The second-order valence-corrected chi connectivity index (χ2v) is 10.4. The van der Waals surface area contributed by atoms with Crippen LogP contribution in [0.25, 0.3) is 6.08 Å². The van der Waals surface area contributed by atoms with Crippen LogP contribution in [-0.4, -0.2) is 54.4 Å². The van der Waals surface area contributed by atoms with Gasteiger partial charge in [-0.3, -0.25) is 10.2 Å². The molecule has 0 atom stereocenters. The summed E-state index contributed by atoms with van der Waals surface area (Å²) >= 11 is 1.27. The van der Waals surface area contributed by atoms with E-state index >= 15 is 0 Å². The number of amides is 1. The molecule has 0 bridgehead atoms. The number of methoxy groups -OCH3 is 2. The fraction of sp³-hybridized carbons (Fsp3) is 0.226. The van der Waals surface area contributed by atoms with Gasteiger partial charge >= 0.3 is 0 Å². The number of nitrogens with one attached hydrogen (secondary N) is 1. The van der Waals surface area contributed by atoms with Gasteiger partial charge in [-0.25, -0.2) is 0 Å². The zero-order valence-corrected chi connectivity index (χ0v) is 24.3. The quantitative estimate of drug-likeness (QED) is 0.258. The maximum absolute atomic E-state index is 13.0. The number of benzene rings is 3. The van der Waals surface area contributed by atoms with Crippen LogP contribution in [0.4, 0.5) is 0 Å². The van der Waals surface area contributed by atoms with Gasteiger partial charge in [0.2, 0.25) is 10.9 Å². The normalized spacial score (nSPS) is 15.4. The van der Waals surface area contributed by atoms with Gasteiger partial charge in [0.05, 0.1) is 19.8 Å². The topological polar surface area (TPSA) is 106 Å². The first-order valence-electron chi connectivity index (χ1n) is 12.9. The molecule has 0 aliphatic carbocycles. The van der Waals surface area contributed by atoms with Crippen LogP contribution >= 0.6 is 11.8 Å². The Balaban J connectivity index is 1.34. The maximum Gasteiger partial charge on any atom is 0.283 e. The first-order chi connectivity index (χ1) is 19.8. The standard InChI is InChI=1S/C31H30N4O5S/c1-18-7-6-8-22(13-18)30-34-35-28(32)24(29(36)33-31(35)41-30)15-21-16-25(37-4)27(26(17-21)38-5)40-12-11-39-23-10-9-19(2)20(3)14-23/h6-10,13-17,32H,11-12H2,1-5H3/b24-15+,32-28?. The number of nitrogens with zero attached hydrogens (tertiary/aromatic N) is 3. The minimum absolute atomic E-state index is 0.0584. The van der Waals surface area contributed by atoms with E-state index in [1.807, 2.05) is 56.3 Å². The molecule has 10 heteroatoms. The maximum atomic E-state index is 13.0. The Labute approximate surface area is 243 Å². The van der Waals surface area contributed by atoms with Crippen molar-refractivity contribution in [3.05, 3.63) is 88.0 Å². The molecule has 2 aliphatic heterocycles. The highest BCUT2D eigenvalue weighted by atomic mass is 32.2. The Kier molecular flexibility index (Phi) is 8.11. The fourth-order valence-electron chi connectivity index (χ4n) is 4.29. The van der Waals surface area contributed by atoms with Gasteiger partial charge < -0.3 is 18.9 Å². The van der Waals surface area contributed by atoms with E-state index in [0.717, 1.165) is 22.4 Å². The van der Waals surface area contributed by atoms with Gasteiger partial charge in [0.1, 0.15) is 24.0 Å². The van der Waals surface area contributed by atoms with Crippen molar-refractivity contribution in [1.29, 1.82) is 5.41 Å². The molecule has 0 aromatic heterocycles. The average molecular weight is 571 g/mol. The smallest absolute Gasteiger partial charge is 0.283 e. The number of thioether (sulfide) groups is 1. The van der Waals surface area contributed by atoms with Crippen molar-refractivity contribution in [1.82, 2.24) is 5.01 Å². The van der Waals surface area contributed by atoms with Crippen LogP contribution in [0.5, 0.6) is 23.0 Å². The largest absolute Gasteiger partial charge is 0.493 e. The van der Waals surface area contributed by atoms with Gasteiger partial charge in [-0.2, -0.15) is 15.1 Å². The van der Waals surface area contributed by atoms with Crippen molar-refractivity contribution in [3.8, 4) is 23.0 Å². The van der Waals surface area contributed by atoms with Crippen LogP contribution in [0.1, 0.15) is 27.8 Å². The first kappa shape index (κ1) is 28.0. The summed E-state index contributed by atoms with van der Waals surface area (Å²) in [5, 5.41) is 15.7. The second-order valence-electron chi connectivity index (χ2n) is 9.49. The molecule has 0 saturated heterocycles. The highest BCUT2D eigenvalue weighted by molar-refractivity contribution is 8.27. The van der Waals surface area contributed by atoms with Gasteiger partial charge in [-0.05, 0) is 85.6 Å². The minimum Gasteiger partial charge on any atom is -0.493 e. The number of amidine groups is 2. The number of carbonyl (C=O) groups excluding carboxylic acids is 1. The summed E-state index contributed by atoms with van der Waals surface area (Å²) in [5.41, 5.74) is 5.04. The van der Waals surface area contributed by atoms with Crippen molar-refractivity contribution >= 4 is 39.8 Å². The molecule has 210 valence electrons. The Morgan fingerprint density at radius 1 is 0.927 bits per heavy atom. The van der Waals surface area contributed by atoms with Crippen LogP contribution in [-0.2, 0) is 4.79 Å². The fourth-order valence-corrected chi connectivity index (χ4v) is 5.17. The van der Waals surface area contributed by atoms with Gasteiger partial charge in [0, 0.05) is 5.56 Å². The van der Waals surface area contributed by atoms with Crippen molar-refractivity contribution < 1.29 is 23.7 Å². The molecular formula is C31H30N4O5S. The molecule has 3 aromatic carbocycles. The van der Waals surface area contributed by atoms with Crippen molar-refractivity contribution in [2.75, 3.05) is 27.4 Å². The number of hydrogen-bond donors (Lipinski definition) is 1. The highest BCUT2D eigenvalue weighted by Crippen LogP contribution is 2.40. The Bertz CT molecular complexity index is 1600. The molecule has 0 saturated carbocycles. The zero-order valence-electron chi connectivity index (χ0n) is 23.5. The number of carbonyl (C=O) groups is 1. The van der Waals surface area contributed by atoms with Gasteiger partial charge in [-0.1, -0.05) is 29.8 Å². The summed E-state index contributed by atoms with van der Waals surface area (Å²) in [6.45, 7) is 6.68. The lowest BCUT2D eigenvalue weighted by molar-refractivity contribution is -0.114. The average Bonchev–Trinajstić information content (AvgIpc) is 3.39. The highest BCUT2D eigenvalue weighted by Gasteiger charge is 2.36. The van der Waals surface area contributed by atoms with Crippen LogP contribution < -0.4 is 18.9 Å². The Morgan fingerprint density at radius 2 is 1.66 bits per heavy atom. The molecule has 0 unspecified atom stereocenters. The molecule has 0 fully saturated rings. The number of hydrogen-bond acceptors (Lipinski definition) is 8. The number of aryl methyl sites for hydroxylation is 3. The molecule has 41 heavy (non-hydrogen) atoms. The van der Waals surface area contributed by atoms with Crippen molar-refractivity contribution in [3.63, 3.8) is 0 Å². The number of rotatable bonds is 9. The van der Waals surface area contributed by atoms with E-state index in [1.165, 1.54) is 36.6 Å². The predicted molar refractivity (Wildman–Crippen MR) is 162 cm³/mol. The summed E-state index contributed by atoms with van der Waals surface area (Å²) in [6, 6.07) is 17.3. The van der Waals surface area contributed by atoms with Crippen LogP contribution in [0.2, 0.25) is 0 Å². The number of aliphatic imine (C=N–C) groups is 1. The second kappa shape index (κ2) is 11.9. The van der Waals surface area contributed by atoms with E-state index in [0.29, 0.717) is 39.6 Å². The van der Waals surface area contributed by atoms with E-state index in [9.17, 15) is 4.79 Å². The van der Waals surface area contributed by atoms with Crippen LogP contribution in [0, 0.1) is 26.2 Å². The number of fused-ring (bicyclic) bond motifs is 1. The van der Waals surface area contributed by atoms with E-state index < -0.39 is 5.91 Å². The molecular weight excluding hydrogens is 540 g/mol. The van der Waals surface area contributed by atoms with Crippen molar-refractivity contribution in [2.45, 2.75) is 20.8 Å². The lowest BCUT2D eigenvalue weighted by Crippen LogP contribution is -2.35. The predicted octanol–water partition coefficient (Wildman–Crippen LogP) is 5.75. The van der Waals surface area contributed by atoms with E-state index in [2.05, 4.69) is 17.0 Å². The molecule has 2 heterocycles. The first-order valence-corrected chi connectivity index (χ1v) is 13.7. The van der Waals surface area contributed by atoms with E-state index in [1.54, 1.807) is 18.2 Å². The van der Waals surface area contributed by atoms with Gasteiger partial charge in [0.25, 0.3) is 5.91 Å². The summed E-state index contributed by atoms with van der Waals surface area (Å²) < 4.78 is 23.0. The van der Waals surface area contributed by atoms with Crippen LogP contribution in [0.3, 0.4) is 0 Å².